The number of carbonyl (C=O) groups is 2. The maximum absolute atomic E-state index is 13.8. The lowest BCUT2D eigenvalue weighted by Crippen LogP contribution is -2.68. The largest absolute Gasteiger partial charge is 0.494 e. The van der Waals surface area contributed by atoms with Crippen LogP contribution in [0.2, 0.25) is 0 Å². The maximum atomic E-state index is 13.8. The number of alkyl halides is 2. The van der Waals surface area contributed by atoms with Gasteiger partial charge in [-0.15, -0.1) is 0 Å². The van der Waals surface area contributed by atoms with Gasteiger partial charge in [0.2, 0.25) is 0 Å². The number of carboxylic acids is 1. The molecule has 39 heavy (non-hydrogen) atoms. The fourth-order valence-corrected chi connectivity index (χ4v) is 5.46. The third-order valence-corrected chi connectivity index (χ3v) is 7.56. The summed E-state index contributed by atoms with van der Waals surface area (Å²) in [6.07, 6.45) is 2.45. The number of nitrogens with zero attached hydrogens (tertiary/aromatic N) is 2. The molecule has 1 saturated carbocycles. The second-order valence-corrected chi connectivity index (χ2v) is 10.3. The van der Waals surface area contributed by atoms with E-state index < -0.39 is 42.3 Å². The lowest BCUT2D eigenvalue weighted by molar-refractivity contribution is -0.175. The van der Waals surface area contributed by atoms with Crippen LogP contribution in [-0.4, -0.2) is 51.2 Å². The third-order valence-electron chi connectivity index (χ3n) is 7.56. The van der Waals surface area contributed by atoms with Gasteiger partial charge >= 0.3 is 12.0 Å². The number of amides is 2. The summed E-state index contributed by atoms with van der Waals surface area (Å²) in [6, 6.07) is 14.8. The quantitative estimate of drug-likeness (QED) is 0.260. The van der Waals surface area contributed by atoms with Crippen molar-refractivity contribution >= 4 is 22.9 Å². The van der Waals surface area contributed by atoms with E-state index in [2.05, 4.69) is 22.0 Å². The number of rotatable bonds is 12. The second kappa shape index (κ2) is 11.6. The summed E-state index contributed by atoms with van der Waals surface area (Å²) in [6.45, 7) is 7.39. The van der Waals surface area contributed by atoms with Crippen molar-refractivity contribution in [2.75, 3.05) is 13.2 Å². The molecule has 3 aromatic rings. The molecule has 0 radical (unpaired) electrons. The van der Waals surface area contributed by atoms with Crippen molar-refractivity contribution in [2.24, 2.45) is 0 Å². The summed E-state index contributed by atoms with van der Waals surface area (Å²) in [5.41, 5.74) is 1.03. The Morgan fingerprint density at radius 3 is 2.46 bits per heavy atom. The molecule has 1 atom stereocenters. The molecule has 0 saturated heterocycles. The number of aryl methyl sites for hydroxylation is 2. The fourth-order valence-electron chi connectivity index (χ4n) is 5.46. The number of hydrogen-bond donors (Lipinski definition) is 2. The fraction of sp³-hybridized carbons (Fsp3) is 0.467. The van der Waals surface area contributed by atoms with Crippen LogP contribution in [0.25, 0.3) is 10.9 Å². The number of aliphatic carboxylic acids is 1. The van der Waals surface area contributed by atoms with Gasteiger partial charge in [0.05, 0.1) is 18.2 Å². The van der Waals surface area contributed by atoms with Gasteiger partial charge in [-0.05, 0) is 63.3 Å². The van der Waals surface area contributed by atoms with Crippen LogP contribution < -0.4 is 10.1 Å². The molecule has 0 spiro atoms. The number of carbonyl (C=O) groups excluding carboxylic acids is 1. The molecule has 2 N–H and O–H groups in total. The standard InChI is InChI=1S/C30H37F2N3O4/c1-4-34-16-14-24-25(17-23(39-5-2)18-26(24)34)21(3)35(15-10-9-13-22-11-7-6-8-12-22)28(38)33-29(27(36)37)19-30(31,32)20-29/h6-8,11-12,14,16-18,21H,4-5,9-10,13,15,19-20H2,1-3H3,(H,33,38)(H,36,37). The second-order valence-electron chi connectivity index (χ2n) is 10.3. The number of ether oxygens (including phenoxy) is 1. The first-order valence-corrected chi connectivity index (χ1v) is 13.6. The minimum absolute atomic E-state index is 0.334. The molecule has 210 valence electrons. The predicted octanol–water partition coefficient (Wildman–Crippen LogP) is 6.41. The van der Waals surface area contributed by atoms with Gasteiger partial charge in [-0.2, -0.15) is 0 Å². The van der Waals surface area contributed by atoms with Gasteiger partial charge in [0, 0.05) is 43.6 Å². The van der Waals surface area contributed by atoms with E-state index in [1.807, 2.05) is 63.4 Å². The van der Waals surface area contributed by atoms with Gasteiger partial charge in [0.15, 0.2) is 5.54 Å². The molecule has 9 heteroatoms. The zero-order valence-corrected chi connectivity index (χ0v) is 22.8. The topological polar surface area (TPSA) is 83.8 Å². The number of halogens is 2. The van der Waals surface area contributed by atoms with E-state index in [4.69, 9.17) is 4.74 Å². The highest BCUT2D eigenvalue weighted by atomic mass is 19.3. The minimum Gasteiger partial charge on any atom is -0.494 e. The maximum Gasteiger partial charge on any atom is 0.329 e. The first-order chi connectivity index (χ1) is 18.6. The highest BCUT2D eigenvalue weighted by Crippen LogP contribution is 2.46. The Morgan fingerprint density at radius 1 is 1.13 bits per heavy atom. The lowest BCUT2D eigenvalue weighted by atomic mass is 9.73. The average Bonchev–Trinajstić information content (AvgIpc) is 3.30. The smallest absolute Gasteiger partial charge is 0.329 e. The van der Waals surface area contributed by atoms with Gasteiger partial charge < -0.3 is 24.6 Å². The van der Waals surface area contributed by atoms with E-state index in [0.29, 0.717) is 25.3 Å². The van der Waals surface area contributed by atoms with Crippen LogP contribution in [0, 0.1) is 0 Å². The van der Waals surface area contributed by atoms with E-state index in [1.165, 1.54) is 5.56 Å². The van der Waals surface area contributed by atoms with Crippen molar-refractivity contribution in [3.63, 3.8) is 0 Å². The molecular weight excluding hydrogens is 504 g/mol. The van der Waals surface area contributed by atoms with Crippen molar-refractivity contribution in [1.82, 2.24) is 14.8 Å². The average molecular weight is 542 g/mol. The van der Waals surface area contributed by atoms with Crippen LogP contribution in [-0.2, 0) is 17.8 Å². The van der Waals surface area contributed by atoms with Crippen LogP contribution in [0.5, 0.6) is 5.75 Å². The molecule has 1 unspecified atom stereocenters. The number of aromatic nitrogens is 1. The van der Waals surface area contributed by atoms with Gasteiger partial charge in [-0.25, -0.2) is 18.4 Å². The highest BCUT2D eigenvalue weighted by molar-refractivity contribution is 5.89. The molecule has 2 aromatic carbocycles. The molecule has 1 aliphatic carbocycles. The first-order valence-electron chi connectivity index (χ1n) is 13.6. The first kappa shape index (κ1) is 28.4. The van der Waals surface area contributed by atoms with Crippen LogP contribution >= 0.6 is 0 Å². The van der Waals surface area contributed by atoms with Crippen molar-refractivity contribution in [3.8, 4) is 5.75 Å². The van der Waals surface area contributed by atoms with Gasteiger partial charge in [0.25, 0.3) is 5.92 Å². The molecule has 1 heterocycles. The number of nitrogens with one attached hydrogen (secondary N) is 1. The van der Waals surface area contributed by atoms with E-state index in [0.717, 1.165) is 35.9 Å². The number of benzene rings is 2. The number of unbranched alkanes of at least 4 members (excludes halogenated alkanes) is 1. The van der Waals surface area contributed by atoms with Gasteiger partial charge in [0.1, 0.15) is 5.75 Å². The Balaban J connectivity index is 1.62. The summed E-state index contributed by atoms with van der Waals surface area (Å²) in [7, 11) is 0. The van der Waals surface area contributed by atoms with Gasteiger partial charge in [-0.3, -0.25) is 0 Å². The molecule has 4 rings (SSSR count). The molecular formula is C30H37F2N3O4. The Bertz CT molecular complexity index is 1300. The molecule has 1 aliphatic rings. The number of carboxylic acid groups (broad SMARTS) is 1. The van der Waals surface area contributed by atoms with Crippen molar-refractivity contribution in [2.45, 2.75) is 76.9 Å². The molecule has 0 aliphatic heterocycles. The molecule has 2 amide bonds. The highest BCUT2D eigenvalue weighted by Gasteiger charge is 2.62. The number of fused-ring (bicyclic) bond motifs is 1. The predicted molar refractivity (Wildman–Crippen MR) is 146 cm³/mol. The Kier molecular flexibility index (Phi) is 8.47. The van der Waals surface area contributed by atoms with E-state index in [1.54, 1.807) is 4.90 Å². The summed E-state index contributed by atoms with van der Waals surface area (Å²) < 4.78 is 35.4. The van der Waals surface area contributed by atoms with Crippen LogP contribution in [0.4, 0.5) is 13.6 Å². The van der Waals surface area contributed by atoms with Crippen molar-refractivity contribution in [1.29, 1.82) is 0 Å². The van der Waals surface area contributed by atoms with Crippen molar-refractivity contribution < 1.29 is 28.2 Å². The zero-order valence-electron chi connectivity index (χ0n) is 22.8. The SMILES string of the molecule is CCOc1cc(C(C)N(CCCCc2ccccc2)C(=O)NC2(C(=O)O)CC(F)(F)C2)c2ccn(CC)c2c1. The molecule has 7 nitrogen and oxygen atoms in total. The minimum atomic E-state index is -3.11. The van der Waals surface area contributed by atoms with Crippen LogP contribution in [0.15, 0.2) is 54.7 Å². The Labute approximate surface area is 227 Å². The van der Waals surface area contributed by atoms with Crippen LogP contribution in [0.1, 0.15) is 63.6 Å². The summed E-state index contributed by atoms with van der Waals surface area (Å²) in [5.74, 6) is -3.89. The van der Waals surface area contributed by atoms with E-state index in [-0.39, 0.29) is 0 Å². The summed E-state index contributed by atoms with van der Waals surface area (Å²) >= 11 is 0. The van der Waals surface area contributed by atoms with Crippen molar-refractivity contribution in [3.05, 3.63) is 65.9 Å². The lowest BCUT2D eigenvalue weighted by Gasteiger charge is -2.45. The number of urea groups is 1. The summed E-state index contributed by atoms with van der Waals surface area (Å²) in [4.78, 5) is 27.1. The Hall–Kier alpha value is -3.62. The zero-order chi connectivity index (χ0) is 28.2. The molecule has 0 bridgehead atoms. The van der Waals surface area contributed by atoms with E-state index >= 15 is 0 Å². The third kappa shape index (κ3) is 6.18. The van der Waals surface area contributed by atoms with E-state index in [9.17, 15) is 23.5 Å². The van der Waals surface area contributed by atoms with Gasteiger partial charge in [-0.1, -0.05) is 30.3 Å². The number of hydrogen-bond acceptors (Lipinski definition) is 3. The van der Waals surface area contributed by atoms with Crippen LogP contribution in [0.3, 0.4) is 0 Å². The monoisotopic (exact) mass is 541 g/mol. The Morgan fingerprint density at radius 2 is 1.85 bits per heavy atom. The normalized spacial score (nSPS) is 16.3. The molecule has 1 fully saturated rings. The summed E-state index contributed by atoms with van der Waals surface area (Å²) in [5, 5.41) is 13.1. The molecule has 1 aromatic heterocycles.